The number of anilines is 1. The Kier molecular flexibility index (Phi) is 3.34. The van der Waals surface area contributed by atoms with E-state index in [4.69, 9.17) is 4.42 Å². The van der Waals surface area contributed by atoms with E-state index in [-0.39, 0.29) is 0 Å². The van der Waals surface area contributed by atoms with E-state index in [1.165, 1.54) is 4.88 Å². The van der Waals surface area contributed by atoms with Gasteiger partial charge in [0.05, 0.1) is 6.54 Å². The molecule has 80 valence electrons. The van der Waals surface area contributed by atoms with Crippen molar-refractivity contribution in [2.45, 2.75) is 26.3 Å². The molecular formula is C10H13N3OS. The van der Waals surface area contributed by atoms with Crippen LogP contribution in [0.5, 0.6) is 0 Å². The lowest BCUT2D eigenvalue weighted by molar-refractivity contribution is 0.501. The SMILES string of the molecule is CCCc1nnc(NCc2cccs2)o1. The molecule has 2 aromatic heterocycles. The van der Waals surface area contributed by atoms with E-state index >= 15 is 0 Å². The molecular weight excluding hydrogens is 210 g/mol. The van der Waals surface area contributed by atoms with Gasteiger partial charge in [0.25, 0.3) is 0 Å². The minimum absolute atomic E-state index is 0.506. The molecule has 2 rings (SSSR count). The number of nitrogens with zero attached hydrogens (tertiary/aromatic N) is 2. The molecule has 4 nitrogen and oxygen atoms in total. The van der Waals surface area contributed by atoms with E-state index in [0.29, 0.717) is 11.9 Å². The highest BCUT2D eigenvalue weighted by molar-refractivity contribution is 7.09. The molecule has 0 saturated heterocycles. The summed E-state index contributed by atoms with van der Waals surface area (Å²) in [6.07, 6.45) is 1.86. The normalized spacial score (nSPS) is 10.5. The predicted molar refractivity (Wildman–Crippen MR) is 59.9 cm³/mol. The van der Waals surface area contributed by atoms with Gasteiger partial charge in [-0.3, -0.25) is 0 Å². The fraction of sp³-hybridized carbons (Fsp3) is 0.400. The summed E-state index contributed by atoms with van der Waals surface area (Å²) in [7, 11) is 0. The first-order valence-electron chi connectivity index (χ1n) is 4.97. The first-order valence-corrected chi connectivity index (χ1v) is 5.85. The maximum Gasteiger partial charge on any atom is 0.315 e. The van der Waals surface area contributed by atoms with Crippen molar-refractivity contribution in [2.24, 2.45) is 0 Å². The fourth-order valence-corrected chi connectivity index (χ4v) is 1.86. The van der Waals surface area contributed by atoms with Gasteiger partial charge in [-0.15, -0.1) is 16.4 Å². The lowest BCUT2D eigenvalue weighted by atomic mass is 10.3. The van der Waals surface area contributed by atoms with E-state index in [1.54, 1.807) is 11.3 Å². The molecule has 5 heteroatoms. The van der Waals surface area contributed by atoms with E-state index in [0.717, 1.165) is 19.4 Å². The van der Waals surface area contributed by atoms with Gasteiger partial charge in [0.1, 0.15) is 0 Å². The smallest absolute Gasteiger partial charge is 0.315 e. The Hall–Kier alpha value is -1.36. The summed E-state index contributed by atoms with van der Waals surface area (Å²) < 4.78 is 5.39. The van der Waals surface area contributed by atoms with Gasteiger partial charge in [0.15, 0.2) is 0 Å². The topological polar surface area (TPSA) is 51.0 Å². The minimum atomic E-state index is 0.506. The maximum absolute atomic E-state index is 5.39. The van der Waals surface area contributed by atoms with Crippen LogP contribution in [-0.4, -0.2) is 10.2 Å². The number of hydrogen-bond acceptors (Lipinski definition) is 5. The second-order valence-electron chi connectivity index (χ2n) is 3.18. The fourth-order valence-electron chi connectivity index (χ4n) is 1.22. The number of aromatic nitrogens is 2. The summed E-state index contributed by atoms with van der Waals surface area (Å²) in [6, 6.07) is 4.60. The monoisotopic (exact) mass is 223 g/mol. The lowest BCUT2D eigenvalue weighted by Gasteiger charge is -1.96. The molecule has 0 aliphatic rings. The average Bonchev–Trinajstić information content (AvgIpc) is 2.85. The molecule has 1 N–H and O–H groups in total. The molecule has 0 fully saturated rings. The van der Waals surface area contributed by atoms with Crippen molar-refractivity contribution in [2.75, 3.05) is 5.32 Å². The molecule has 0 aromatic carbocycles. The Morgan fingerprint density at radius 2 is 2.40 bits per heavy atom. The van der Waals surface area contributed by atoms with Crippen molar-refractivity contribution in [3.63, 3.8) is 0 Å². The van der Waals surface area contributed by atoms with Gasteiger partial charge in [-0.25, -0.2) is 0 Å². The molecule has 0 radical (unpaired) electrons. The van der Waals surface area contributed by atoms with Gasteiger partial charge in [-0.2, -0.15) is 0 Å². The van der Waals surface area contributed by atoms with Crippen LogP contribution < -0.4 is 5.32 Å². The van der Waals surface area contributed by atoms with Gasteiger partial charge in [-0.05, 0) is 17.9 Å². The highest BCUT2D eigenvalue weighted by Crippen LogP contribution is 2.12. The molecule has 0 saturated carbocycles. The molecule has 0 bridgehead atoms. The molecule has 0 aliphatic carbocycles. The van der Waals surface area contributed by atoms with Crippen molar-refractivity contribution in [3.8, 4) is 0 Å². The quantitative estimate of drug-likeness (QED) is 0.846. The lowest BCUT2D eigenvalue weighted by Crippen LogP contribution is -1.97. The molecule has 0 amide bonds. The van der Waals surface area contributed by atoms with Crippen LogP contribution in [-0.2, 0) is 13.0 Å². The summed E-state index contributed by atoms with van der Waals surface area (Å²) in [6.45, 7) is 2.83. The Bertz CT molecular complexity index is 396. The van der Waals surface area contributed by atoms with E-state index in [1.807, 2.05) is 11.4 Å². The molecule has 0 atom stereocenters. The molecule has 0 aliphatic heterocycles. The van der Waals surface area contributed by atoms with E-state index in [9.17, 15) is 0 Å². The second-order valence-corrected chi connectivity index (χ2v) is 4.22. The third-order valence-corrected chi connectivity index (χ3v) is 2.80. The summed E-state index contributed by atoms with van der Waals surface area (Å²) in [4.78, 5) is 1.25. The predicted octanol–water partition coefficient (Wildman–Crippen LogP) is 2.70. The van der Waals surface area contributed by atoms with Crippen LogP contribution in [0, 0.1) is 0 Å². The highest BCUT2D eigenvalue weighted by Gasteiger charge is 2.04. The highest BCUT2D eigenvalue weighted by atomic mass is 32.1. The summed E-state index contributed by atoms with van der Waals surface area (Å²) in [5.74, 6) is 0.700. The number of aryl methyl sites for hydroxylation is 1. The molecule has 15 heavy (non-hydrogen) atoms. The third-order valence-electron chi connectivity index (χ3n) is 1.92. The van der Waals surface area contributed by atoms with E-state index < -0.39 is 0 Å². The Labute approximate surface area is 92.3 Å². The van der Waals surface area contributed by atoms with Crippen molar-refractivity contribution in [3.05, 3.63) is 28.3 Å². The van der Waals surface area contributed by atoms with Crippen molar-refractivity contribution < 1.29 is 4.42 Å². The zero-order valence-corrected chi connectivity index (χ0v) is 9.38. The van der Waals surface area contributed by atoms with Gasteiger partial charge < -0.3 is 9.73 Å². The largest absolute Gasteiger partial charge is 0.408 e. The van der Waals surface area contributed by atoms with Gasteiger partial charge in [0, 0.05) is 11.3 Å². The average molecular weight is 223 g/mol. The Morgan fingerprint density at radius 1 is 1.47 bits per heavy atom. The molecule has 2 heterocycles. The summed E-state index contributed by atoms with van der Waals surface area (Å²) in [5, 5.41) is 13.0. The number of thiophene rings is 1. The number of hydrogen-bond donors (Lipinski definition) is 1. The third kappa shape index (κ3) is 2.79. The second kappa shape index (κ2) is 4.93. The van der Waals surface area contributed by atoms with Gasteiger partial charge in [-0.1, -0.05) is 18.1 Å². The van der Waals surface area contributed by atoms with Crippen LogP contribution in [0.4, 0.5) is 6.01 Å². The standard InChI is InChI=1S/C10H13N3OS/c1-2-4-9-12-13-10(14-9)11-7-8-5-3-6-15-8/h3,5-6H,2,4,7H2,1H3,(H,11,13). The van der Waals surface area contributed by atoms with Crippen LogP contribution in [0.25, 0.3) is 0 Å². The first-order chi connectivity index (χ1) is 7.38. The van der Waals surface area contributed by atoms with Crippen LogP contribution in [0.2, 0.25) is 0 Å². The van der Waals surface area contributed by atoms with Gasteiger partial charge >= 0.3 is 6.01 Å². The molecule has 0 unspecified atom stereocenters. The van der Waals surface area contributed by atoms with Crippen LogP contribution >= 0.6 is 11.3 Å². The zero-order valence-electron chi connectivity index (χ0n) is 8.56. The zero-order chi connectivity index (χ0) is 10.5. The minimum Gasteiger partial charge on any atom is -0.408 e. The summed E-state index contributed by atoms with van der Waals surface area (Å²) in [5.41, 5.74) is 0. The van der Waals surface area contributed by atoms with Crippen LogP contribution in [0.1, 0.15) is 24.1 Å². The van der Waals surface area contributed by atoms with Crippen LogP contribution in [0.15, 0.2) is 21.9 Å². The van der Waals surface area contributed by atoms with Crippen LogP contribution in [0.3, 0.4) is 0 Å². The molecule has 2 aromatic rings. The number of rotatable bonds is 5. The molecule has 0 spiro atoms. The number of nitrogens with one attached hydrogen (secondary N) is 1. The van der Waals surface area contributed by atoms with Crippen molar-refractivity contribution in [1.29, 1.82) is 0 Å². The Balaban J connectivity index is 1.88. The van der Waals surface area contributed by atoms with Crippen molar-refractivity contribution in [1.82, 2.24) is 10.2 Å². The van der Waals surface area contributed by atoms with Gasteiger partial charge in [0.2, 0.25) is 5.89 Å². The first kappa shape index (κ1) is 10.2. The maximum atomic E-state index is 5.39. The Morgan fingerprint density at radius 3 is 3.13 bits per heavy atom. The van der Waals surface area contributed by atoms with Crippen molar-refractivity contribution >= 4 is 17.4 Å². The summed E-state index contributed by atoms with van der Waals surface area (Å²) >= 11 is 1.71. The van der Waals surface area contributed by atoms with E-state index in [2.05, 4.69) is 28.5 Å².